The van der Waals surface area contributed by atoms with E-state index in [1.54, 1.807) is 12.1 Å². The summed E-state index contributed by atoms with van der Waals surface area (Å²) in [6, 6.07) is 6.33. The Morgan fingerprint density at radius 3 is 2.54 bits per heavy atom. The Bertz CT molecular complexity index is 558. The fraction of sp³-hybridized carbons (Fsp3) is 0.611. The third-order valence-electron chi connectivity index (χ3n) is 5.52. The van der Waals surface area contributed by atoms with Gasteiger partial charge in [-0.05, 0) is 43.6 Å². The quantitative estimate of drug-likeness (QED) is 0.776. The molecular formula is C18H26ClFN2O2. The number of nitrogens with one attached hydrogen (secondary N) is 1. The van der Waals surface area contributed by atoms with Crippen molar-refractivity contribution < 1.29 is 14.3 Å². The minimum atomic E-state index is -1.02. The normalized spacial score (nSPS) is 30.1. The SMILES string of the molecule is Cl.NC1C2CCCC1CC(C(=O)NCC(O)c1ccccc1F)C2. The summed E-state index contributed by atoms with van der Waals surface area (Å²) >= 11 is 0. The van der Waals surface area contributed by atoms with Crippen LogP contribution in [0.4, 0.5) is 4.39 Å². The van der Waals surface area contributed by atoms with E-state index in [0.717, 1.165) is 25.7 Å². The van der Waals surface area contributed by atoms with Gasteiger partial charge in [-0.25, -0.2) is 4.39 Å². The maximum atomic E-state index is 13.6. The van der Waals surface area contributed by atoms with E-state index in [1.807, 2.05) is 0 Å². The molecule has 0 spiro atoms. The van der Waals surface area contributed by atoms with Crippen LogP contribution < -0.4 is 11.1 Å². The van der Waals surface area contributed by atoms with Gasteiger partial charge in [0.1, 0.15) is 5.82 Å². The lowest BCUT2D eigenvalue weighted by Gasteiger charge is -2.43. The maximum Gasteiger partial charge on any atom is 0.223 e. The second-order valence-electron chi connectivity index (χ2n) is 6.98. The highest BCUT2D eigenvalue weighted by atomic mass is 35.5. The number of rotatable bonds is 4. The molecule has 1 aromatic rings. The van der Waals surface area contributed by atoms with E-state index < -0.39 is 11.9 Å². The minimum Gasteiger partial charge on any atom is -0.386 e. The van der Waals surface area contributed by atoms with E-state index in [-0.39, 0.29) is 42.4 Å². The highest BCUT2D eigenvalue weighted by Gasteiger charge is 2.40. The van der Waals surface area contributed by atoms with Crippen LogP contribution >= 0.6 is 12.4 Å². The predicted octanol–water partition coefficient (Wildman–Crippen LogP) is 2.55. The van der Waals surface area contributed by atoms with Crippen LogP contribution in [0.25, 0.3) is 0 Å². The zero-order valence-electron chi connectivity index (χ0n) is 13.7. The molecule has 0 aliphatic heterocycles. The number of hydrogen-bond acceptors (Lipinski definition) is 3. The van der Waals surface area contributed by atoms with Crippen LogP contribution in [0.5, 0.6) is 0 Å². The second kappa shape index (κ2) is 8.28. The Balaban J connectivity index is 0.00000208. The van der Waals surface area contributed by atoms with Crippen LogP contribution in [-0.4, -0.2) is 23.6 Å². The molecule has 2 bridgehead atoms. The van der Waals surface area contributed by atoms with Crippen LogP contribution in [0.3, 0.4) is 0 Å². The van der Waals surface area contributed by atoms with Gasteiger partial charge in [0.25, 0.3) is 0 Å². The molecule has 1 amide bonds. The molecule has 0 radical (unpaired) electrons. The molecule has 0 aromatic heterocycles. The van der Waals surface area contributed by atoms with Crippen molar-refractivity contribution in [3.05, 3.63) is 35.6 Å². The molecular weight excluding hydrogens is 331 g/mol. The van der Waals surface area contributed by atoms with Crippen molar-refractivity contribution in [2.75, 3.05) is 6.54 Å². The Morgan fingerprint density at radius 1 is 1.29 bits per heavy atom. The monoisotopic (exact) mass is 356 g/mol. The lowest BCUT2D eigenvalue weighted by atomic mass is 9.65. The highest BCUT2D eigenvalue weighted by Crippen LogP contribution is 2.41. The van der Waals surface area contributed by atoms with Gasteiger partial charge in [0.2, 0.25) is 5.91 Å². The molecule has 134 valence electrons. The first-order valence-corrected chi connectivity index (χ1v) is 8.52. The number of nitrogens with two attached hydrogens (primary N) is 1. The zero-order valence-corrected chi connectivity index (χ0v) is 14.5. The smallest absolute Gasteiger partial charge is 0.223 e. The highest BCUT2D eigenvalue weighted by molar-refractivity contribution is 5.85. The summed E-state index contributed by atoms with van der Waals surface area (Å²) in [5, 5.41) is 12.9. The molecule has 4 nitrogen and oxygen atoms in total. The maximum absolute atomic E-state index is 13.6. The molecule has 3 rings (SSSR count). The first-order valence-electron chi connectivity index (χ1n) is 8.52. The molecule has 24 heavy (non-hydrogen) atoms. The van der Waals surface area contributed by atoms with Gasteiger partial charge in [-0.15, -0.1) is 12.4 Å². The van der Waals surface area contributed by atoms with Crippen LogP contribution in [-0.2, 0) is 4.79 Å². The molecule has 1 aromatic carbocycles. The number of hydrogen-bond donors (Lipinski definition) is 3. The van der Waals surface area contributed by atoms with Gasteiger partial charge in [-0.3, -0.25) is 4.79 Å². The van der Waals surface area contributed by atoms with E-state index in [2.05, 4.69) is 5.32 Å². The number of fused-ring (bicyclic) bond motifs is 2. The summed E-state index contributed by atoms with van der Waals surface area (Å²) in [4.78, 5) is 12.4. The van der Waals surface area contributed by atoms with Gasteiger partial charge in [0.15, 0.2) is 0 Å². The van der Waals surface area contributed by atoms with Crippen molar-refractivity contribution in [2.24, 2.45) is 23.5 Å². The van der Waals surface area contributed by atoms with Gasteiger partial charge >= 0.3 is 0 Å². The fourth-order valence-electron chi connectivity index (χ4n) is 4.20. The molecule has 4 N–H and O–H groups in total. The van der Waals surface area contributed by atoms with Crippen molar-refractivity contribution >= 4 is 18.3 Å². The summed E-state index contributed by atoms with van der Waals surface area (Å²) in [7, 11) is 0. The van der Waals surface area contributed by atoms with Gasteiger partial charge in [0, 0.05) is 24.1 Å². The lowest BCUT2D eigenvalue weighted by Crippen LogP contribution is -2.49. The van der Waals surface area contributed by atoms with Crippen molar-refractivity contribution in [2.45, 2.75) is 44.2 Å². The number of carbonyl (C=O) groups excluding carboxylic acids is 1. The third kappa shape index (κ3) is 4.08. The third-order valence-corrected chi connectivity index (χ3v) is 5.52. The van der Waals surface area contributed by atoms with Crippen molar-refractivity contribution in [3.8, 4) is 0 Å². The minimum absolute atomic E-state index is 0. The summed E-state index contributed by atoms with van der Waals surface area (Å²) in [6.45, 7) is 0.0393. The Hall–Kier alpha value is -1.17. The lowest BCUT2D eigenvalue weighted by molar-refractivity contribution is -0.128. The van der Waals surface area contributed by atoms with E-state index in [4.69, 9.17) is 5.73 Å². The summed E-state index contributed by atoms with van der Waals surface area (Å²) in [5.41, 5.74) is 6.47. The topological polar surface area (TPSA) is 75.4 Å². The molecule has 2 aliphatic carbocycles. The van der Waals surface area contributed by atoms with E-state index >= 15 is 0 Å². The molecule has 0 heterocycles. The van der Waals surface area contributed by atoms with Crippen LogP contribution in [0, 0.1) is 23.6 Å². The number of halogens is 2. The molecule has 3 unspecified atom stereocenters. The largest absolute Gasteiger partial charge is 0.386 e. The fourth-order valence-corrected chi connectivity index (χ4v) is 4.20. The van der Waals surface area contributed by atoms with Gasteiger partial charge < -0.3 is 16.2 Å². The van der Waals surface area contributed by atoms with Crippen LogP contribution in [0.2, 0.25) is 0 Å². The zero-order chi connectivity index (χ0) is 16.4. The molecule has 2 fully saturated rings. The average molecular weight is 357 g/mol. The first-order chi connectivity index (χ1) is 11.1. The number of aliphatic hydroxyl groups excluding tert-OH is 1. The predicted molar refractivity (Wildman–Crippen MR) is 93.1 cm³/mol. The Morgan fingerprint density at radius 2 is 1.92 bits per heavy atom. The summed E-state index contributed by atoms with van der Waals surface area (Å²) in [6.07, 6.45) is 4.08. The Kier molecular flexibility index (Phi) is 6.61. The van der Waals surface area contributed by atoms with Crippen LogP contribution in [0.15, 0.2) is 24.3 Å². The molecule has 2 saturated carbocycles. The van der Waals surface area contributed by atoms with Crippen molar-refractivity contribution in [3.63, 3.8) is 0 Å². The molecule has 6 heteroatoms. The van der Waals surface area contributed by atoms with E-state index in [0.29, 0.717) is 11.8 Å². The van der Waals surface area contributed by atoms with E-state index in [9.17, 15) is 14.3 Å². The Labute approximate surface area is 148 Å². The van der Waals surface area contributed by atoms with Crippen molar-refractivity contribution in [1.82, 2.24) is 5.32 Å². The average Bonchev–Trinajstić information content (AvgIpc) is 2.52. The molecule has 2 aliphatic rings. The van der Waals surface area contributed by atoms with Gasteiger partial charge in [0.05, 0.1) is 6.10 Å². The number of aliphatic hydroxyl groups is 1. The van der Waals surface area contributed by atoms with Crippen molar-refractivity contribution in [1.29, 1.82) is 0 Å². The van der Waals surface area contributed by atoms with Crippen LogP contribution in [0.1, 0.15) is 43.8 Å². The summed E-state index contributed by atoms with van der Waals surface area (Å²) < 4.78 is 13.6. The van der Waals surface area contributed by atoms with Gasteiger partial charge in [-0.2, -0.15) is 0 Å². The number of benzene rings is 1. The standard InChI is InChI=1S/C18H25FN2O2.ClH/c19-15-7-2-1-6-14(15)16(22)10-21-18(23)13-8-11-4-3-5-12(9-13)17(11)20;/h1-2,6-7,11-13,16-17,22H,3-5,8-10,20H2,(H,21,23);1H. The summed E-state index contributed by atoms with van der Waals surface area (Å²) in [5.74, 6) is 0.360. The second-order valence-corrected chi connectivity index (χ2v) is 6.98. The molecule has 0 saturated heterocycles. The first kappa shape index (κ1) is 19.2. The molecule has 3 atom stereocenters. The number of amides is 1. The number of carbonyl (C=O) groups is 1. The van der Waals surface area contributed by atoms with Gasteiger partial charge in [-0.1, -0.05) is 24.6 Å². The van der Waals surface area contributed by atoms with E-state index in [1.165, 1.54) is 18.6 Å².